The zero-order chi connectivity index (χ0) is 19.3. The number of benzene rings is 1. The van der Waals surface area contributed by atoms with Crippen LogP contribution in [-0.4, -0.2) is 70.0 Å². The minimum absolute atomic E-state index is 0. The lowest BCUT2D eigenvalue weighted by atomic mass is 9.99. The molecule has 1 heterocycles. The molecule has 0 fully saturated rings. The summed E-state index contributed by atoms with van der Waals surface area (Å²) in [4.78, 5) is 7.31. The number of aliphatic imine (C=N–C) groups is 1. The van der Waals surface area contributed by atoms with E-state index in [9.17, 15) is 0 Å². The van der Waals surface area contributed by atoms with Crippen molar-refractivity contribution in [2.24, 2.45) is 4.99 Å². The molecule has 0 saturated carbocycles. The average Bonchev–Trinajstić information content (AvgIpc) is 2.70. The number of hydrogen-bond acceptors (Lipinski definition) is 4. The van der Waals surface area contributed by atoms with Gasteiger partial charge in [0.2, 0.25) is 0 Å². The number of nitrogens with one attached hydrogen (secondary N) is 2. The van der Waals surface area contributed by atoms with Crippen molar-refractivity contribution in [2.45, 2.75) is 39.3 Å². The van der Waals surface area contributed by atoms with Crippen molar-refractivity contribution < 1.29 is 9.47 Å². The molecule has 28 heavy (non-hydrogen) atoms. The minimum Gasteiger partial charge on any atom is -0.382 e. The van der Waals surface area contributed by atoms with Gasteiger partial charge in [-0.2, -0.15) is 0 Å². The smallest absolute Gasteiger partial charge is 0.191 e. The number of rotatable bonds is 11. The second-order valence-electron chi connectivity index (χ2n) is 6.94. The first-order chi connectivity index (χ1) is 13.2. The molecular weight excluding hydrogens is 467 g/mol. The molecule has 1 atom stereocenters. The number of fused-ring (bicyclic) bond motifs is 1. The summed E-state index contributed by atoms with van der Waals surface area (Å²) >= 11 is 0. The molecule has 2 rings (SSSR count). The first-order valence-corrected chi connectivity index (χ1v) is 10.1. The second kappa shape index (κ2) is 15.0. The van der Waals surface area contributed by atoms with Crippen molar-refractivity contribution in [1.29, 1.82) is 0 Å². The summed E-state index contributed by atoms with van der Waals surface area (Å²) in [6.07, 6.45) is 2.08. The number of methoxy groups -OCH3 is 1. The fraction of sp³-hybridized carbons (Fsp3) is 0.667. The summed E-state index contributed by atoms with van der Waals surface area (Å²) in [6.45, 7) is 11.0. The summed E-state index contributed by atoms with van der Waals surface area (Å²) in [7, 11) is 1.69. The first-order valence-electron chi connectivity index (χ1n) is 10.1. The maximum absolute atomic E-state index is 5.49. The van der Waals surface area contributed by atoms with Crippen LogP contribution < -0.4 is 10.6 Å². The monoisotopic (exact) mass is 504 g/mol. The van der Waals surface area contributed by atoms with E-state index in [1.165, 1.54) is 11.1 Å². The van der Waals surface area contributed by atoms with Gasteiger partial charge in [-0.15, -0.1) is 24.0 Å². The highest BCUT2D eigenvalue weighted by Crippen LogP contribution is 2.20. The van der Waals surface area contributed by atoms with E-state index in [0.717, 1.165) is 58.1 Å². The molecule has 1 aliphatic heterocycles. The highest BCUT2D eigenvalue weighted by Gasteiger charge is 2.20. The molecule has 1 unspecified atom stereocenters. The van der Waals surface area contributed by atoms with Gasteiger partial charge in [-0.05, 0) is 37.8 Å². The van der Waals surface area contributed by atoms with Crippen LogP contribution in [0.15, 0.2) is 29.3 Å². The van der Waals surface area contributed by atoms with Gasteiger partial charge < -0.3 is 20.1 Å². The van der Waals surface area contributed by atoms with Crippen LogP contribution in [0.5, 0.6) is 0 Å². The Bertz CT molecular complexity index is 571. The molecule has 0 saturated heterocycles. The molecule has 7 heteroatoms. The lowest BCUT2D eigenvalue weighted by Crippen LogP contribution is -2.42. The van der Waals surface area contributed by atoms with Gasteiger partial charge in [-0.1, -0.05) is 24.3 Å². The Kier molecular flexibility index (Phi) is 13.5. The normalized spacial score (nSPS) is 15.5. The number of ether oxygens (including phenoxy) is 2. The van der Waals surface area contributed by atoms with Gasteiger partial charge in [-0.3, -0.25) is 9.89 Å². The van der Waals surface area contributed by atoms with Crippen molar-refractivity contribution in [2.75, 3.05) is 53.1 Å². The van der Waals surface area contributed by atoms with E-state index in [0.29, 0.717) is 19.3 Å². The van der Waals surface area contributed by atoms with Crippen LogP contribution >= 0.6 is 24.0 Å². The van der Waals surface area contributed by atoms with Crippen molar-refractivity contribution >= 4 is 29.9 Å². The number of halogens is 1. The molecule has 1 aliphatic rings. The number of hydrogen-bond donors (Lipinski definition) is 2. The molecule has 2 N–H and O–H groups in total. The van der Waals surface area contributed by atoms with Crippen molar-refractivity contribution in [3.8, 4) is 0 Å². The van der Waals surface area contributed by atoms with E-state index < -0.39 is 0 Å². The van der Waals surface area contributed by atoms with Crippen molar-refractivity contribution in [3.05, 3.63) is 35.4 Å². The molecular formula is C21H37IN4O2. The van der Waals surface area contributed by atoms with Crippen LogP contribution in [0.3, 0.4) is 0 Å². The van der Waals surface area contributed by atoms with E-state index in [4.69, 9.17) is 14.5 Å². The molecule has 1 aromatic rings. The van der Waals surface area contributed by atoms with Gasteiger partial charge in [0.1, 0.15) is 0 Å². The van der Waals surface area contributed by atoms with E-state index in [2.05, 4.69) is 53.6 Å². The average molecular weight is 504 g/mol. The predicted octanol–water partition coefficient (Wildman–Crippen LogP) is 2.66. The zero-order valence-corrected chi connectivity index (χ0v) is 19.9. The Hall–Kier alpha value is -0.900. The van der Waals surface area contributed by atoms with E-state index >= 15 is 0 Å². The van der Waals surface area contributed by atoms with Gasteiger partial charge >= 0.3 is 0 Å². The van der Waals surface area contributed by atoms with Crippen LogP contribution in [-0.2, 0) is 22.4 Å². The third-order valence-electron chi connectivity index (χ3n) is 4.83. The lowest BCUT2D eigenvalue weighted by Gasteiger charge is -2.33. The molecule has 0 spiro atoms. The van der Waals surface area contributed by atoms with Crippen LogP contribution in [0.25, 0.3) is 0 Å². The van der Waals surface area contributed by atoms with Gasteiger partial charge in [-0.25, -0.2) is 0 Å². The summed E-state index contributed by atoms with van der Waals surface area (Å²) < 4.78 is 10.5. The van der Waals surface area contributed by atoms with Crippen LogP contribution in [0.1, 0.15) is 31.4 Å². The molecule has 0 radical (unpaired) electrons. The predicted molar refractivity (Wildman–Crippen MR) is 127 cm³/mol. The number of nitrogens with zero attached hydrogens (tertiary/aromatic N) is 2. The molecule has 160 valence electrons. The Morgan fingerprint density at radius 3 is 2.71 bits per heavy atom. The van der Waals surface area contributed by atoms with Crippen LogP contribution in [0.4, 0.5) is 0 Å². The molecule has 0 aromatic heterocycles. The summed E-state index contributed by atoms with van der Waals surface area (Å²) in [5.74, 6) is 0.888. The van der Waals surface area contributed by atoms with Gasteiger partial charge in [0.25, 0.3) is 0 Å². The van der Waals surface area contributed by atoms with Crippen molar-refractivity contribution in [3.63, 3.8) is 0 Å². The third-order valence-corrected chi connectivity index (χ3v) is 4.83. The van der Waals surface area contributed by atoms with Crippen LogP contribution in [0.2, 0.25) is 0 Å². The highest BCUT2D eigenvalue weighted by atomic mass is 127. The van der Waals surface area contributed by atoms with Gasteiger partial charge in [0, 0.05) is 45.9 Å². The number of guanidine groups is 1. The summed E-state index contributed by atoms with van der Waals surface area (Å²) in [5.41, 5.74) is 2.95. The first kappa shape index (κ1) is 25.1. The van der Waals surface area contributed by atoms with E-state index in [1.54, 1.807) is 7.11 Å². The maximum Gasteiger partial charge on any atom is 0.191 e. The SMILES string of the molecule is CCNC(=NCC(C)N1CCc2ccccc2C1)NCCCOCCOC.I. The Labute approximate surface area is 187 Å². The standard InChI is InChI=1S/C21H36N4O2.HI/c1-4-22-21(23-11-7-13-27-15-14-26-3)24-16-18(2)25-12-10-19-8-5-6-9-20(19)17-25;/h5-6,8-9,18H,4,7,10-17H2,1-3H3,(H2,22,23,24);1H. The molecule has 1 aromatic carbocycles. The largest absolute Gasteiger partial charge is 0.382 e. The van der Waals surface area contributed by atoms with Crippen molar-refractivity contribution in [1.82, 2.24) is 15.5 Å². The maximum atomic E-state index is 5.49. The quantitative estimate of drug-likeness (QED) is 0.210. The molecule has 0 amide bonds. The minimum atomic E-state index is 0. The molecule has 0 aliphatic carbocycles. The van der Waals surface area contributed by atoms with Crippen LogP contribution in [0, 0.1) is 0 Å². The molecule has 6 nitrogen and oxygen atoms in total. The Balaban J connectivity index is 0.00000392. The van der Waals surface area contributed by atoms with Gasteiger partial charge in [0.15, 0.2) is 5.96 Å². The Morgan fingerprint density at radius 2 is 1.96 bits per heavy atom. The second-order valence-corrected chi connectivity index (χ2v) is 6.94. The fourth-order valence-corrected chi connectivity index (χ4v) is 3.20. The Morgan fingerprint density at radius 1 is 1.18 bits per heavy atom. The highest BCUT2D eigenvalue weighted by molar-refractivity contribution is 14.0. The van der Waals surface area contributed by atoms with E-state index in [-0.39, 0.29) is 24.0 Å². The lowest BCUT2D eigenvalue weighted by molar-refractivity contribution is 0.0698. The summed E-state index contributed by atoms with van der Waals surface area (Å²) in [5, 5.41) is 6.72. The summed E-state index contributed by atoms with van der Waals surface area (Å²) in [6, 6.07) is 9.20. The zero-order valence-electron chi connectivity index (χ0n) is 17.6. The topological polar surface area (TPSA) is 58.1 Å². The fourth-order valence-electron chi connectivity index (χ4n) is 3.20. The third kappa shape index (κ3) is 9.07. The van der Waals surface area contributed by atoms with Gasteiger partial charge in [0.05, 0.1) is 19.8 Å². The molecule has 0 bridgehead atoms. The van der Waals surface area contributed by atoms with E-state index in [1.807, 2.05) is 0 Å².